The molecule has 0 fully saturated rings. The monoisotopic (exact) mass is 271 g/mol. The molecule has 2 heterocycles. The molecule has 1 aliphatic rings. The van der Waals surface area contributed by atoms with E-state index in [9.17, 15) is 0 Å². The Morgan fingerprint density at radius 1 is 1.20 bits per heavy atom. The van der Waals surface area contributed by atoms with Crippen LogP contribution in [0.25, 0.3) is 0 Å². The van der Waals surface area contributed by atoms with Crippen molar-refractivity contribution in [2.75, 3.05) is 13.6 Å². The van der Waals surface area contributed by atoms with Crippen LogP contribution < -0.4 is 5.32 Å². The van der Waals surface area contributed by atoms with Gasteiger partial charge in [0, 0.05) is 25.2 Å². The largest absolute Gasteiger partial charge is 0.315 e. The van der Waals surface area contributed by atoms with Gasteiger partial charge in [-0.2, -0.15) is 0 Å². The highest BCUT2D eigenvalue weighted by Crippen LogP contribution is 2.23. The van der Waals surface area contributed by atoms with Gasteiger partial charge in [0.1, 0.15) is 12.2 Å². The van der Waals surface area contributed by atoms with E-state index in [4.69, 9.17) is 0 Å². The smallest absolute Gasteiger partial charge is 0.147 e. The fourth-order valence-corrected chi connectivity index (χ4v) is 2.99. The van der Waals surface area contributed by atoms with Crippen LogP contribution in [0, 0.1) is 0 Å². The standard InChI is InChI=1S/C15H21N5/c1-12(15(16-2)13-6-4-3-5-7-13)19-8-9-20-11-17-18-14(20)10-19/h3-7,11-12,15-16H,8-10H2,1-2H3. The molecular weight excluding hydrogens is 250 g/mol. The van der Waals surface area contributed by atoms with Gasteiger partial charge in [-0.1, -0.05) is 30.3 Å². The molecule has 20 heavy (non-hydrogen) atoms. The van der Waals surface area contributed by atoms with Crippen LogP contribution in [0.1, 0.15) is 24.4 Å². The molecule has 3 rings (SSSR count). The minimum atomic E-state index is 0.325. The van der Waals surface area contributed by atoms with Gasteiger partial charge in [0.25, 0.3) is 0 Å². The third-order valence-corrected chi connectivity index (χ3v) is 4.20. The maximum Gasteiger partial charge on any atom is 0.147 e. The van der Waals surface area contributed by atoms with Crippen molar-refractivity contribution < 1.29 is 0 Å². The lowest BCUT2D eigenvalue weighted by Crippen LogP contribution is -2.45. The van der Waals surface area contributed by atoms with Gasteiger partial charge in [0.15, 0.2) is 0 Å². The summed E-state index contributed by atoms with van der Waals surface area (Å²) in [6.07, 6.45) is 1.82. The Bertz CT molecular complexity index is 550. The van der Waals surface area contributed by atoms with E-state index < -0.39 is 0 Å². The zero-order valence-corrected chi connectivity index (χ0v) is 12.0. The summed E-state index contributed by atoms with van der Waals surface area (Å²) in [5.74, 6) is 1.06. The molecule has 2 atom stereocenters. The fourth-order valence-electron chi connectivity index (χ4n) is 2.99. The zero-order valence-electron chi connectivity index (χ0n) is 12.0. The predicted octanol–water partition coefficient (Wildman–Crippen LogP) is 1.44. The van der Waals surface area contributed by atoms with Crippen molar-refractivity contribution in [2.24, 2.45) is 0 Å². The second-order valence-electron chi connectivity index (χ2n) is 5.33. The first-order valence-corrected chi connectivity index (χ1v) is 7.12. The summed E-state index contributed by atoms with van der Waals surface area (Å²) in [5.41, 5.74) is 1.33. The van der Waals surface area contributed by atoms with Crippen LogP contribution in [0.15, 0.2) is 36.7 Å². The second kappa shape index (κ2) is 5.73. The van der Waals surface area contributed by atoms with E-state index in [1.54, 1.807) is 0 Å². The minimum Gasteiger partial charge on any atom is -0.315 e. The molecule has 1 N–H and O–H groups in total. The third kappa shape index (κ3) is 2.46. The topological polar surface area (TPSA) is 46.0 Å². The number of benzene rings is 1. The molecule has 5 nitrogen and oxygen atoms in total. The summed E-state index contributed by atoms with van der Waals surface area (Å²) in [5, 5.41) is 11.6. The van der Waals surface area contributed by atoms with Gasteiger partial charge in [-0.25, -0.2) is 0 Å². The Labute approximate surface area is 119 Å². The molecule has 0 amide bonds. The number of hydrogen-bond donors (Lipinski definition) is 1. The SMILES string of the molecule is CNC(c1ccccc1)C(C)N1CCn2cnnc2C1. The van der Waals surface area contributed by atoms with Crippen LogP contribution in [0.5, 0.6) is 0 Å². The number of aromatic nitrogens is 3. The van der Waals surface area contributed by atoms with E-state index >= 15 is 0 Å². The van der Waals surface area contributed by atoms with E-state index in [1.807, 2.05) is 13.4 Å². The van der Waals surface area contributed by atoms with Gasteiger partial charge in [-0.05, 0) is 19.5 Å². The first-order chi connectivity index (χ1) is 9.79. The van der Waals surface area contributed by atoms with Gasteiger partial charge in [0.05, 0.1) is 6.54 Å². The maximum absolute atomic E-state index is 4.20. The van der Waals surface area contributed by atoms with Crippen molar-refractivity contribution in [1.82, 2.24) is 25.0 Å². The van der Waals surface area contributed by atoms with Gasteiger partial charge >= 0.3 is 0 Å². The van der Waals surface area contributed by atoms with Crippen molar-refractivity contribution in [2.45, 2.75) is 32.1 Å². The van der Waals surface area contributed by atoms with Crippen molar-refractivity contribution in [3.05, 3.63) is 48.0 Å². The van der Waals surface area contributed by atoms with Crippen molar-refractivity contribution in [3.8, 4) is 0 Å². The number of nitrogens with zero attached hydrogens (tertiary/aromatic N) is 4. The van der Waals surface area contributed by atoms with Gasteiger partial charge in [-0.15, -0.1) is 10.2 Å². The van der Waals surface area contributed by atoms with Crippen LogP contribution in [-0.2, 0) is 13.1 Å². The number of nitrogens with one attached hydrogen (secondary N) is 1. The molecule has 2 unspecified atom stereocenters. The van der Waals surface area contributed by atoms with Crippen molar-refractivity contribution in [1.29, 1.82) is 0 Å². The van der Waals surface area contributed by atoms with E-state index in [1.165, 1.54) is 5.56 Å². The number of hydrogen-bond acceptors (Lipinski definition) is 4. The van der Waals surface area contributed by atoms with E-state index in [-0.39, 0.29) is 0 Å². The zero-order chi connectivity index (χ0) is 13.9. The lowest BCUT2D eigenvalue weighted by Gasteiger charge is -2.37. The molecule has 0 bridgehead atoms. The highest BCUT2D eigenvalue weighted by Gasteiger charge is 2.27. The number of rotatable bonds is 4. The average Bonchev–Trinajstić information content (AvgIpc) is 2.96. The molecular formula is C15H21N5. The van der Waals surface area contributed by atoms with Crippen LogP contribution >= 0.6 is 0 Å². The fraction of sp³-hybridized carbons (Fsp3) is 0.467. The lowest BCUT2D eigenvalue weighted by atomic mass is 9.99. The molecule has 1 aromatic heterocycles. The summed E-state index contributed by atoms with van der Waals surface area (Å²) >= 11 is 0. The molecule has 1 aromatic carbocycles. The first-order valence-electron chi connectivity index (χ1n) is 7.12. The molecule has 0 saturated carbocycles. The highest BCUT2D eigenvalue weighted by atomic mass is 15.3. The van der Waals surface area contributed by atoms with E-state index in [0.717, 1.165) is 25.5 Å². The minimum absolute atomic E-state index is 0.325. The Balaban J connectivity index is 1.76. The molecule has 106 valence electrons. The van der Waals surface area contributed by atoms with Crippen LogP contribution in [0.4, 0.5) is 0 Å². The molecule has 0 radical (unpaired) electrons. The van der Waals surface area contributed by atoms with Crippen molar-refractivity contribution >= 4 is 0 Å². The molecule has 1 aliphatic heterocycles. The summed E-state index contributed by atoms with van der Waals surface area (Å²) in [4.78, 5) is 2.47. The summed E-state index contributed by atoms with van der Waals surface area (Å²) in [6.45, 7) is 5.15. The second-order valence-corrected chi connectivity index (χ2v) is 5.33. The van der Waals surface area contributed by atoms with Crippen molar-refractivity contribution in [3.63, 3.8) is 0 Å². The van der Waals surface area contributed by atoms with E-state index in [0.29, 0.717) is 12.1 Å². The van der Waals surface area contributed by atoms with Gasteiger partial charge in [0.2, 0.25) is 0 Å². The molecule has 0 saturated heterocycles. The molecule has 5 heteroatoms. The average molecular weight is 271 g/mol. The quantitative estimate of drug-likeness (QED) is 0.914. The lowest BCUT2D eigenvalue weighted by molar-refractivity contribution is 0.134. The van der Waals surface area contributed by atoms with Crippen LogP contribution in [-0.4, -0.2) is 39.3 Å². The Morgan fingerprint density at radius 3 is 2.75 bits per heavy atom. The van der Waals surface area contributed by atoms with Crippen LogP contribution in [0.3, 0.4) is 0 Å². The first kappa shape index (κ1) is 13.3. The Hall–Kier alpha value is -1.72. The normalized spacial score (nSPS) is 18.5. The highest BCUT2D eigenvalue weighted by molar-refractivity contribution is 5.20. The number of likely N-dealkylation sites (N-methyl/N-ethyl adjacent to an activating group) is 1. The molecule has 0 aliphatic carbocycles. The predicted molar refractivity (Wildman–Crippen MR) is 78.1 cm³/mol. The van der Waals surface area contributed by atoms with Gasteiger partial charge in [-0.3, -0.25) is 4.90 Å². The third-order valence-electron chi connectivity index (χ3n) is 4.20. The maximum atomic E-state index is 4.20. The summed E-state index contributed by atoms with van der Waals surface area (Å²) in [7, 11) is 2.03. The Morgan fingerprint density at radius 2 is 2.00 bits per heavy atom. The van der Waals surface area contributed by atoms with Crippen LogP contribution in [0.2, 0.25) is 0 Å². The van der Waals surface area contributed by atoms with E-state index in [2.05, 4.69) is 62.2 Å². The number of fused-ring (bicyclic) bond motifs is 1. The summed E-state index contributed by atoms with van der Waals surface area (Å²) in [6, 6.07) is 11.4. The summed E-state index contributed by atoms with van der Waals surface area (Å²) < 4.78 is 2.14. The molecule has 2 aromatic rings. The Kier molecular flexibility index (Phi) is 3.80. The van der Waals surface area contributed by atoms with Gasteiger partial charge < -0.3 is 9.88 Å². The molecule has 0 spiro atoms.